The van der Waals surface area contributed by atoms with Gasteiger partial charge in [0.25, 0.3) is 0 Å². The van der Waals surface area contributed by atoms with Crippen LogP contribution in [0.2, 0.25) is 0 Å². The first kappa shape index (κ1) is 19.5. The first-order chi connectivity index (χ1) is 16.1. The maximum absolute atomic E-state index is 12.1. The van der Waals surface area contributed by atoms with Crippen LogP contribution in [0.3, 0.4) is 0 Å². The molecule has 0 bridgehead atoms. The van der Waals surface area contributed by atoms with E-state index < -0.39 is 0 Å². The van der Waals surface area contributed by atoms with Crippen LogP contribution in [0.1, 0.15) is 17.5 Å². The van der Waals surface area contributed by atoms with Gasteiger partial charge in [-0.3, -0.25) is 4.79 Å². The Morgan fingerprint density at radius 1 is 0.909 bits per heavy atom. The molecule has 1 aliphatic heterocycles. The van der Waals surface area contributed by atoms with Crippen molar-refractivity contribution in [1.29, 1.82) is 0 Å². The number of para-hydroxylation sites is 1. The van der Waals surface area contributed by atoms with Crippen molar-refractivity contribution < 1.29 is 4.79 Å². The predicted octanol–water partition coefficient (Wildman–Crippen LogP) is 5.11. The highest BCUT2D eigenvalue weighted by atomic mass is 16.1. The molecule has 33 heavy (non-hydrogen) atoms. The summed E-state index contributed by atoms with van der Waals surface area (Å²) in [7, 11) is 0. The summed E-state index contributed by atoms with van der Waals surface area (Å²) in [6, 6.07) is 25.2. The fourth-order valence-corrected chi connectivity index (χ4v) is 4.59. The summed E-state index contributed by atoms with van der Waals surface area (Å²) in [6.45, 7) is 2.83. The molecular weight excluding hydrogens is 406 g/mol. The fourth-order valence-electron chi connectivity index (χ4n) is 4.59. The quantitative estimate of drug-likeness (QED) is 0.493. The van der Waals surface area contributed by atoms with Gasteiger partial charge < -0.3 is 10.2 Å². The smallest absolute Gasteiger partial charge is 0.160 e. The Labute approximate surface area is 192 Å². The number of anilines is 3. The second-order valence-electron chi connectivity index (χ2n) is 8.67. The zero-order valence-corrected chi connectivity index (χ0v) is 18.4. The van der Waals surface area contributed by atoms with E-state index in [4.69, 9.17) is 4.99 Å². The molecule has 0 unspecified atom stereocenters. The van der Waals surface area contributed by atoms with Crippen molar-refractivity contribution in [2.24, 2.45) is 4.99 Å². The van der Waals surface area contributed by atoms with Gasteiger partial charge >= 0.3 is 0 Å². The third kappa shape index (κ3) is 3.60. The lowest BCUT2D eigenvalue weighted by atomic mass is 9.95. The van der Waals surface area contributed by atoms with Crippen molar-refractivity contribution in [3.05, 3.63) is 94.4 Å². The van der Waals surface area contributed by atoms with Gasteiger partial charge in [0.1, 0.15) is 0 Å². The van der Waals surface area contributed by atoms with Crippen LogP contribution in [0.15, 0.2) is 77.8 Å². The van der Waals surface area contributed by atoms with Crippen molar-refractivity contribution in [2.45, 2.75) is 19.9 Å². The fraction of sp³-hybridized carbons (Fsp3) is 0.103. The SMILES string of the molecule is Cc1ccc(Nc2cc3c(c4cc5c(cc24)=CC(=O)CC=5)CN(c2ccccc2)C=N3)cc1. The van der Waals surface area contributed by atoms with E-state index in [0.717, 1.165) is 50.5 Å². The zero-order valence-electron chi connectivity index (χ0n) is 18.4. The summed E-state index contributed by atoms with van der Waals surface area (Å²) in [5.41, 5.74) is 6.52. The molecule has 4 nitrogen and oxygen atoms in total. The Bertz CT molecular complexity index is 1550. The summed E-state index contributed by atoms with van der Waals surface area (Å²) in [5, 5.41) is 7.93. The maximum Gasteiger partial charge on any atom is 0.160 e. The topological polar surface area (TPSA) is 44.7 Å². The number of nitrogens with zero attached hydrogens (tertiary/aromatic N) is 2. The minimum atomic E-state index is 0.146. The van der Waals surface area contributed by atoms with Crippen LogP contribution in [0.4, 0.5) is 22.7 Å². The molecule has 1 aliphatic carbocycles. The molecule has 0 aromatic heterocycles. The minimum absolute atomic E-state index is 0.146. The Balaban J connectivity index is 1.55. The van der Waals surface area contributed by atoms with Crippen LogP contribution in [-0.2, 0) is 11.3 Å². The molecule has 0 spiro atoms. The van der Waals surface area contributed by atoms with E-state index in [1.54, 1.807) is 6.08 Å². The van der Waals surface area contributed by atoms with Crippen LogP contribution in [0.5, 0.6) is 0 Å². The number of ketones is 1. The lowest BCUT2D eigenvalue weighted by Gasteiger charge is -2.26. The van der Waals surface area contributed by atoms with E-state index >= 15 is 0 Å². The summed E-state index contributed by atoms with van der Waals surface area (Å²) in [6.07, 6.45) is 6.16. The Morgan fingerprint density at radius 2 is 1.70 bits per heavy atom. The number of fused-ring (bicyclic) bond motifs is 4. The summed E-state index contributed by atoms with van der Waals surface area (Å²) in [4.78, 5) is 19.1. The molecule has 0 radical (unpaired) electrons. The maximum atomic E-state index is 12.1. The highest BCUT2D eigenvalue weighted by molar-refractivity contribution is 6.10. The molecule has 2 aliphatic rings. The Morgan fingerprint density at radius 3 is 2.52 bits per heavy atom. The zero-order chi connectivity index (χ0) is 22.4. The van der Waals surface area contributed by atoms with Crippen molar-refractivity contribution in [3.63, 3.8) is 0 Å². The number of hydrogen-bond acceptors (Lipinski definition) is 4. The highest BCUT2D eigenvalue weighted by Crippen LogP contribution is 2.38. The number of aliphatic imine (C=N–C) groups is 1. The summed E-state index contributed by atoms with van der Waals surface area (Å²) < 4.78 is 0. The Kier molecular flexibility index (Phi) is 4.58. The standard InChI is InChI=1S/C29H23N3O/c1-19-7-10-22(11-8-19)31-29-16-28-27(17-32(18-30-28)23-5-3-2-4-6-23)25-14-20-9-12-24(33)13-21(20)15-26(25)29/h2-11,13-16,18,31H,12,17H2,1H3. The lowest BCUT2D eigenvalue weighted by molar-refractivity contribution is -0.112. The van der Waals surface area contributed by atoms with Gasteiger partial charge in [-0.2, -0.15) is 0 Å². The molecule has 0 saturated carbocycles. The van der Waals surface area contributed by atoms with E-state index in [0.29, 0.717) is 6.42 Å². The molecule has 1 N–H and O–H groups in total. The number of Topliss-reactive ketones (excluding diaryl/α,β-unsaturated/α-hetero) is 1. The first-order valence-corrected chi connectivity index (χ1v) is 11.2. The molecule has 6 rings (SSSR count). The second kappa shape index (κ2) is 7.75. The number of carbonyl (C=O) groups is 1. The third-order valence-corrected chi connectivity index (χ3v) is 6.35. The first-order valence-electron chi connectivity index (χ1n) is 11.2. The van der Waals surface area contributed by atoms with Gasteiger partial charge in [0, 0.05) is 34.4 Å². The number of carbonyl (C=O) groups excluding carboxylic acids is 1. The molecule has 1 heterocycles. The van der Waals surface area contributed by atoms with Crippen LogP contribution >= 0.6 is 0 Å². The van der Waals surface area contributed by atoms with Gasteiger partial charge in [0.15, 0.2) is 5.78 Å². The molecule has 0 fully saturated rings. The van der Waals surface area contributed by atoms with Crippen LogP contribution < -0.4 is 20.7 Å². The molecule has 4 aromatic rings. The van der Waals surface area contributed by atoms with E-state index in [2.05, 4.69) is 71.7 Å². The number of hydrogen-bond donors (Lipinski definition) is 1. The molecule has 0 amide bonds. The average Bonchev–Trinajstić information content (AvgIpc) is 2.85. The third-order valence-electron chi connectivity index (χ3n) is 6.35. The van der Waals surface area contributed by atoms with E-state index in [1.807, 2.05) is 30.6 Å². The van der Waals surface area contributed by atoms with E-state index in [-0.39, 0.29) is 5.78 Å². The second-order valence-corrected chi connectivity index (χ2v) is 8.67. The van der Waals surface area contributed by atoms with Gasteiger partial charge in [0.05, 0.1) is 18.6 Å². The van der Waals surface area contributed by atoms with Gasteiger partial charge in [-0.1, -0.05) is 42.0 Å². The van der Waals surface area contributed by atoms with E-state index in [9.17, 15) is 4.79 Å². The van der Waals surface area contributed by atoms with Gasteiger partial charge in [0.2, 0.25) is 0 Å². The average molecular weight is 430 g/mol. The van der Waals surface area contributed by atoms with Gasteiger partial charge in [-0.25, -0.2) is 4.99 Å². The molecular formula is C29H23N3O. The van der Waals surface area contributed by atoms with Crippen LogP contribution in [0.25, 0.3) is 22.9 Å². The lowest BCUT2D eigenvalue weighted by Crippen LogP contribution is -2.30. The van der Waals surface area contributed by atoms with Crippen molar-refractivity contribution in [3.8, 4) is 0 Å². The summed E-state index contributed by atoms with van der Waals surface area (Å²) in [5.74, 6) is 0.146. The van der Waals surface area contributed by atoms with Crippen molar-refractivity contribution in [2.75, 3.05) is 10.2 Å². The number of nitrogens with one attached hydrogen (secondary N) is 1. The number of aryl methyl sites for hydroxylation is 1. The van der Waals surface area contributed by atoms with Crippen molar-refractivity contribution in [1.82, 2.24) is 0 Å². The minimum Gasteiger partial charge on any atom is -0.355 e. The normalized spacial score (nSPS) is 14.3. The van der Waals surface area contributed by atoms with Gasteiger partial charge in [-0.05, 0) is 71.3 Å². The Hall–Kier alpha value is -4.18. The number of benzene rings is 4. The molecule has 4 heteroatoms. The summed E-state index contributed by atoms with van der Waals surface area (Å²) >= 11 is 0. The van der Waals surface area contributed by atoms with Crippen LogP contribution in [-0.4, -0.2) is 12.1 Å². The van der Waals surface area contributed by atoms with Crippen molar-refractivity contribution >= 4 is 57.8 Å². The van der Waals surface area contributed by atoms with Gasteiger partial charge in [-0.15, -0.1) is 0 Å². The molecule has 0 atom stereocenters. The number of rotatable bonds is 3. The predicted molar refractivity (Wildman–Crippen MR) is 137 cm³/mol. The molecule has 4 aromatic carbocycles. The monoisotopic (exact) mass is 429 g/mol. The highest BCUT2D eigenvalue weighted by Gasteiger charge is 2.19. The molecule has 160 valence electrons. The van der Waals surface area contributed by atoms with Crippen LogP contribution in [0, 0.1) is 6.92 Å². The van der Waals surface area contributed by atoms with E-state index in [1.165, 1.54) is 11.1 Å². The molecule has 0 saturated heterocycles. The largest absolute Gasteiger partial charge is 0.355 e.